The number of esters is 1. The van der Waals surface area contributed by atoms with Gasteiger partial charge in [0, 0.05) is 13.8 Å². The summed E-state index contributed by atoms with van der Waals surface area (Å²) in [5.41, 5.74) is 1.28. The molecule has 128 valence electrons. The monoisotopic (exact) mass is 332 g/mol. The van der Waals surface area contributed by atoms with Crippen LogP contribution in [0.4, 0.5) is 4.79 Å². The number of benzene rings is 1. The van der Waals surface area contributed by atoms with E-state index in [1.807, 2.05) is 37.3 Å². The van der Waals surface area contributed by atoms with Crippen molar-refractivity contribution in [2.45, 2.75) is 32.6 Å². The summed E-state index contributed by atoms with van der Waals surface area (Å²) in [5, 5.41) is 0. The molecule has 1 aromatic carbocycles. The standard InChI is InChI=1S/C17H20N2O5/c1-12(13-8-6-5-7-9-13)19-11-18-10-14(19)15(20)23-17(2,3)24-16(21)22-4/h5-12H,1-4H3/t12-/m1/s1. The first-order valence-corrected chi connectivity index (χ1v) is 7.41. The van der Waals surface area contributed by atoms with E-state index < -0.39 is 17.9 Å². The highest BCUT2D eigenvalue weighted by Gasteiger charge is 2.30. The highest BCUT2D eigenvalue weighted by atomic mass is 16.8. The van der Waals surface area contributed by atoms with Crippen LogP contribution in [0, 0.1) is 0 Å². The van der Waals surface area contributed by atoms with E-state index >= 15 is 0 Å². The summed E-state index contributed by atoms with van der Waals surface area (Å²) in [5.74, 6) is -2.11. The lowest BCUT2D eigenvalue weighted by atomic mass is 10.1. The van der Waals surface area contributed by atoms with Crippen molar-refractivity contribution in [2.75, 3.05) is 7.11 Å². The molecule has 7 nitrogen and oxygen atoms in total. The van der Waals surface area contributed by atoms with Gasteiger partial charge in [-0.3, -0.25) is 0 Å². The molecule has 0 fully saturated rings. The Hall–Kier alpha value is -2.83. The Kier molecular flexibility index (Phi) is 5.23. The smallest absolute Gasteiger partial charge is 0.438 e. The molecule has 0 aliphatic carbocycles. The summed E-state index contributed by atoms with van der Waals surface area (Å²) in [6.07, 6.45) is 2.04. The van der Waals surface area contributed by atoms with E-state index in [-0.39, 0.29) is 11.7 Å². The fraction of sp³-hybridized carbons (Fsp3) is 0.353. The Morgan fingerprint density at radius 2 is 1.83 bits per heavy atom. The normalized spacial score (nSPS) is 12.3. The topological polar surface area (TPSA) is 79.7 Å². The highest BCUT2D eigenvalue weighted by Crippen LogP contribution is 2.21. The Morgan fingerprint density at radius 1 is 1.17 bits per heavy atom. The van der Waals surface area contributed by atoms with Crippen LogP contribution in [0.3, 0.4) is 0 Å². The molecule has 0 unspecified atom stereocenters. The Labute approximate surface area is 140 Å². The zero-order chi connectivity index (χ0) is 17.7. The van der Waals surface area contributed by atoms with Crippen LogP contribution in [0.15, 0.2) is 42.9 Å². The summed E-state index contributed by atoms with van der Waals surface area (Å²) in [6.45, 7) is 4.84. The number of nitrogens with zero attached hydrogens (tertiary/aromatic N) is 2. The SMILES string of the molecule is COC(=O)OC(C)(C)OC(=O)c1cncn1[C@H](C)c1ccccc1. The van der Waals surface area contributed by atoms with E-state index in [1.165, 1.54) is 27.2 Å². The molecule has 1 atom stereocenters. The van der Waals surface area contributed by atoms with E-state index in [9.17, 15) is 9.59 Å². The number of hydrogen-bond donors (Lipinski definition) is 0. The summed E-state index contributed by atoms with van der Waals surface area (Å²) in [7, 11) is 1.18. The van der Waals surface area contributed by atoms with Gasteiger partial charge in [0.05, 0.1) is 25.7 Å². The van der Waals surface area contributed by atoms with E-state index in [1.54, 1.807) is 10.9 Å². The molecule has 0 spiro atoms. The van der Waals surface area contributed by atoms with Crippen molar-refractivity contribution in [3.05, 3.63) is 54.1 Å². The summed E-state index contributed by atoms with van der Waals surface area (Å²) in [4.78, 5) is 27.7. The van der Waals surface area contributed by atoms with Gasteiger partial charge in [-0.05, 0) is 12.5 Å². The zero-order valence-corrected chi connectivity index (χ0v) is 14.1. The van der Waals surface area contributed by atoms with E-state index in [4.69, 9.17) is 9.47 Å². The second-order valence-corrected chi connectivity index (χ2v) is 5.62. The molecule has 0 radical (unpaired) electrons. The van der Waals surface area contributed by atoms with Gasteiger partial charge in [0.1, 0.15) is 5.69 Å². The lowest BCUT2D eigenvalue weighted by Gasteiger charge is -2.24. The molecule has 0 saturated carbocycles. The molecule has 0 aliphatic rings. The van der Waals surface area contributed by atoms with Crippen LogP contribution in [0.25, 0.3) is 0 Å². The molecular weight excluding hydrogens is 312 g/mol. The van der Waals surface area contributed by atoms with Crippen molar-refractivity contribution in [1.29, 1.82) is 0 Å². The number of carbonyl (C=O) groups excluding carboxylic acids is 2. The number of carbonyl (C=O) groups is 2. The Balaban J connectivity index is 2.17. The predicted octanol–water partition coefficient (Wildman–Crippen LogP) is 3.17. The second kappa shape index (κ2) is 7.16. The summed E-state index contributed by atoms with van der Waals surface area (Å²) >= 11 is 0. The van der Waals surface area contributed by atoms with Crippen LogP contribution < -0.4 is 0 Å². The molecule has 0 amide bonds. The lowest BCUT2D eigenvalue weighted by molar-refractivity contribution is -0.153. The van der Waals surface area contributed by atoms with Crippen LogP contribution in [0.2, 0.25) is 0 Å². The molecule has 2 aromatic rings. The molecule has 1 aromatic heterocycles. The quantitative estimate of drug-likeness (QED) is 0.618. The summed E-state index contributed by atoms with van der Waals surface area (Å²) in [6, 6.07) is 9.59. The van der Waals surface area contributed by atoms with Gasteiger partial charge < -0.3 is 18.8 Å². The number of hydrogen-bond acceptors (Lipinski definition) is 6. The first kappa shape index (κ1) is 17.5. The number of rotatable bonds is 5. The predicted molar refractivity (Wildman–Crippen MR) is 85.5 cm³/mol. The fourth-order valence-corrected chi connectivity index (χ4v) is 2.20. The number of methoxy groups -OCH3 is 1. The second-order valence-electron chi connectivity index (χ2n) is 5.62. The van der Waals surface area contributed by atoms with Gasteiger partial charge in [-0.2, -0.15) is 0 Å². The van der Waals surface area contributed by atoms with Crippen molar-refractivity contribution < 1.29 is 23.8 Å². The van der Waals surface area contributed by atoms with Crippen molar-refractivity contribution >= 4 is 12.1 Å². The van der Waals surface area contributed by atoms with Crippen LogP contribution in [-0.4, -0.2) is 34.6 Å². The third-order valence-electron chi connectivity index (χ3n) is 3.41. The largest absolute Gasteiger partial charge is 0.511 e. The molecule has 0 bridgehead atoms. The molecule has 7 heteroatoms. The van der Waals surface area contributed by atoms with Gasteiger partial charge in [-0.25, -0.2) is 14.6 Å². The Bertz CT molecular complexity index is 709. The molecule has 0 aliphatic heterocycles. The van der Waals surface area contributed by atoms with Gasteiger partial charge in [-0.1, -0.05) is 30.3 Å². The van der Waals surface area contributed by atoms with Gasteiger partial charge in [0.2, 0.25) is 0 Å². The van der Waals surface area contributed by atoms with Crippen molar-refractivity contribution in [3.63, 3.8) is 0 Å². The van der Waals surface area contributed by atoms with Gasteiger partial charge in [-0.15, -0.1) is 0 Å². The van der Waals surface area contributed by atoms with Crippen molar-refractivity contribution in [2.24, 2.45) is 0 Å². The molecule has 2 rings (SSSR count). The van der Waals surface area contributed by atoms with Gasteiger partial charge in [0.15, 0.2) is 0 Å². The third kappa shape index (κ3) is 4.13. The van der Waals surface area contributed by atoms with Crippen LogP contribution >= 0.6 is 0 Å². The van der Waals surface area contributed by atoms with Crippen LogP contribution in [0.5, 0.6) is 0 Å². The minimum absolute atomic E-state index is 0.110. The van der Waals surface area contributed by atoms with Crippen molar-refractivity contribution in [1.82, 2.24) is 9.55 Å². The van der Waals surface area contributed by atoms with Crippen molar-refractivity contribution in [3.8, 4) is 0 Å². The maximum Gasteiger partial charge on any atom is 0.511 e. The number of imidazole rings is 1. The van der Waals surface area contributed by atoms with Gasteiger partial charge >= 0.3 is 12.1 Å². The Morgan fingerprint density at radius 3 is 2.46 bits per heavy atom. The molecule has 24 heavy (non-hydrogen) atoms. The average Bonchev–Trinajstić information content (AvgIpc) is 3.03. The van der Waals surface area contributed by atoms with Crippen LogP contribution in [-0.2, 0) is 14.2 Å². The molecule has 0 saturated heterocycles. The summed E-state index contributed by atoms with van der Waals surface area (Å²) < 4.78 is 16.3. The van der Waals surface area contributed by atoms with E-state index in [0.29, 0.717) is 0 Å². The van der Waals surface area contributed by atoms with E-state index in [2.05, 4.69) is 9.72 Å². The van der Waals surface area contributed by atoms with E-state index in [0.717, 1.165) is 5.56 Å². The number of aromatic nitrogens is 2. The lowest BCUT2D eigenvalue weighted by Crippen LogP contribution is -2.34. The molecular formula is C17H20N2O5. The fourth-order valence-electron chi connectivity index (χ4n) is 2.20. The first-order chi connectivity index (χ1) is 11.3. The first-order valence-electron chi connectivity index (χ1n) is 7.41. The molecule has 0 N–H and O–H groups in total. The van der Waals surface area contributed by atoms with Gasteiger partial charge in [0.25, 0.3) is 5.79 Å². The highest BCUT2D eigenvalue weighted by molar-refractivity contribution is 5.87. The number of ether oxygens (including phenoxy) is 3. The minimum atomic E-state index is -1.46. The third-order valence-corrected chi connectivity index (χ3v) is 3.41. The van der Waals surface area contributed by atoms with Crippen LogP contribution in [0.1, 0.15) is 42.9 Å². The molecule has 1 heterocycles. The average molecular weight is 332 g/mol. The minimum Gasteiger partial charge on any atom is -0.438 e. The zero-order valence-electron chi connectivity index (χ0n) is 14.1. The maximum absolute atomic E-state index is 12.4. The maximum atomic E-state index is 12.4.